The number of aryl methyl sites for hydroxylation is 2. The summed E-state index contributed by atoms with van der Waals surface area (Å²) in [5.74, 6) is -0.0266. The van der Waals surface area contributed by atoms with E-state index in [1.54, 1.807) is 35.2 Å². The third kappa shape index (κ3) is 10.4. The number of methoxy groups -OCH3 is 1. The zero-order valence-electron chi connectivity index (χ0n) is 32.0. The highest BCUT2D eigenvalue weighted by Gasteiger charge is 2.22. The number of hydrogen-bond acceptors (Lipinski definition) is 11. The molecule has 3 heterocycles. The number of nitrogens with zero attached hydrogens (tertiary/aromatic N) is 5. The van der Waals surface area contributed by atoms with Crippen LogP contribution in [0.2, 0.25) is 0 Å². The number of benzene rings is 3. The number of para-hydroxylation sites is 1. The second-order valence-electron chi connectivity index (χ2n) is 13.7. The summed E-state index contributed by atoms with van der Waals surface area (Å²) in [5.41, 5.74) is 2.85. The summed E-state index contributed by atoms with van der Waals surface area (Å²) in [4.78, 5) is 41.7. The van der Waals surface area contributed by atoms with E-state index in [1.165, 1.54) is 19.4 Å². The summed E-state index contributed by atoms with van der Waals surface area (Å²) in [6.45, 7) is 13.6. The highest BCUT2D eigenvalue weighted by Crippen LogP contribution is 2.36. The van der Waals surface area contributed by atoms with Crippen molar-refractivity contribution in [3.05, 3.63) is 83.3 Å². The Bertz CT molecular complexity index is 1930. The molecule has 0 atom stereocenters. The van der Waals surface area contributed by atoms with Crippen molar-refractivity contribution in [1.29, 1.82) is 0 Å². The molecule has 1 aromatic heterocycles. The maximum absolute atomic E-state index is 15.2. The summed E-state index contributed by atoms with van der Waals surface area (Å²) in [6.07, 6.45) is 4.48. The van der Waals surface area contributed by atoms with Gasteiger partial charge in [0.15, 0.2) is 29.7 Å². The fraction of sp³-hybridized carbons (Fsp3) is 0.415. The second kappa shape index (κ2) is 18.7. The third-order valence-electron chi connectivity index (χ3n) is 9.74. The minimum atomic E-state index is -0.534. The van der Waals surface area contributed by atoms with Crippen molar-refractivity contribution in [2.24, 2.45) is 0 Å². The fourth-order valence-electron chi connectivity index (χ4n) is 6.64. The van der Waals surface area contributed by atoms with E-state index in [2.05, 4.69) is 37.3 Å². The van der Waals surface area contributed by atoms with Crippen LogP contribution in [-0.2, 0) is 4.79 Å². The molecular weight excluding hydrogens is 705 g/mol. The first kappa shape index (κ1) is 39.2. The van der Waals surface area contributed by atoms with E-state index < -0.39 is 11.7 Å². The maximum atomic E-state index is 15.2. The molecule has 2 amide bonds. The molecule has 14 heteroatoms. The van der Waals surface area contributed by atoms with Crippen molar-refractivity contribution in [1.82, 2.24) is 24.7 Å². The third-order valence-corrected chi connectivity index (χ3v) is 9.74. The van der Waals surface area contributed by atoms with E-state index in [9.17, 15) is 9.59 Å². The number of aromatic nitrogens is 2. The molecule has 2 aliphatic rings. The van der Waals surface area contributed by atoms with Crippen LogP contribution in [0.15, 0.2) is 60.8 Å². The van der Waals surface area contributed by atoms with Crippen LogP contribution in [0.1, 0.15) is 47.7 Å². The average molecular weight is 756 g/mol. The van der Waals surface area contributed by atoms with Crippen molar-refractivity contribution in [2.45, 2.75) is 40.0 Å². The van der Waals surface area contributed by atoms with Gasteiger partial charge in [0.05, 0.1) is 7.11 Å². The van der Waals surface area contributed by atoms with Gasteiger partial charge in [-0.2, -0.15) is 4.98 Å². The fourth-order valence-corrected chi connectivity index (χ4v) is 6.64. The Morgan fingerprint density at radius 1 is 0.855 bits per heavy atom. The van der Waals surface area contributed by atoms with Crippen molar-refractivity contribution >= 4 is 29.1 Å². The lowest BCUT2D eigenvalue weighted by atomic mass is 10.1. The van der Waals surface area contributed by atoms with Crippen molar-refractivity contribution in [3.8, 4) is 28.9 Å². The van der Waals surface area contributed by atoms with E-state index >= 15 is 4.39 Å². The molecule has 6 rings (SSSR count). The number of likely N-dealkylation sites (tertiary alicyclic amines) is 1. The quantitative estimate of drug-likeness (QED) is 0.131. The van der Waals surface area contributed by atoms with Crippen molar-refractivity contribution < 1.29 is 32.9 Å². The van der Waals surface area contributed by atoms with Gasteiger partial charge in [-0.3, -0.25) is 14.5 Å². The van der Waals surface area contributed by atoms with Crippen LogP contribution in [0.4, 0.5) is 21.7 Å². The molecule has 292 valence electrons. The van der Waals surface area contributed by atoms with Crippen LogP contribution in [0, 0.1) is 19.7 Å². The summed E-state index contributed by atoms with van der Waals surface area (Å²) in [6, 6.07) is 15.1. The molecule has 13 nitrogen and oxygen atoms in total. The van der Waals surface area contributed by atoms with E-state index in [4.69, 9.17) is 18.9 Å². The van der Waals surface area contributed by atoms with E-state index in [-0.39, 0.29) is 47.2 Å². The van der Waals surface area contributed by atoms with Crippen molar-refractivity contribution in [2.75, 3.05) is 83.3 Å². The molecular formula is C41H50FN7O6. The second-order valence-corrected chi connectivity index (χ2v) is 13.7. The Kier molecular flexibility index (Phi) is 13.4. The number of piperazine rings is 1. The molecule has 0 spiro atoms. The molecule has 2 saturated heterocycles. The summed E-state index contributed by atoms with van der Waals surface area (Å²) < 4.78 is 38.6. The van der Waals surface area contributed by atoms with Gasteiger partial charge in [0.25, 0.3) is 11.8 Å². The van der Waals surface area contributed by atoms with Gasteiger partial charge in [-0.1, -0.05) is 25.1 Å². The van der Waals surface area contributed by atoms with E-state index in [1.807, 2.05) is 32.0 Å². The predicted octanol–water partition coefficient (Wildman–Crippen LogP) is 6.44. The topological polar surface area (TPSA) is 131 Å². The monoisotopic (exact) mass is 755 g/mol. The molecule has 0 unspecified atom stereocenters. The van der Waals surface area contributed by atoms with E-state index in [0.29, 0.717) is 23.7 Å². The number of anilines is 3. The highest BCUT2D eigenvalue weighted by atomic mass is 19.1. The number of carbonyl (C=O) groups is 2. The zero-order valence-corrected chi connectivity index (χ0v) is 32.0. The number of ether oxygens (including phenoxy) is 4. The lowest BCUT2D eigenvalue weighted by molar-refractivity contribution is -0.132. The first-order valence-corrected chi connectivity index (χ1v) is 18.9. The first-order chi connectivity index (χ1) is 26.7. The Morgan fingerprint density at radius 3 is 2.25 bits per heavy atom. The highest BCUT2D eigenvalue weighted by molar-refractivity contribution is 6.06. The van der Waals surface area contributed by atoms with Gasteiger partial charge in [0, 0.05) is 75.5 Å². The molecule has 2 N–H and O–H groups in total. The molecule has 55 heavy (non-hydrogen) atoms. The Hall–Kier alpha value is -5.47. The normalized spacial score (nSPS) is 14.7. The molecule has 2 aliphatic heterocycles. The number of nitrogens with one attached hydrogen (secondary N) is 2. The predicted molar refractivity (Wildman–Crippen MR) is 209 cm³/mol. The van der Waals surface area contributed by atoms with Gasteiger partial charge < -0.3 is 39.4 Å². The van der Waals surface area contributed by atoms with Crippen LogP contribution < -0.4 is 29.6 Å². The Morgan fingerprint density at radius 2 is 1.56 bits per heavy atom. The summed E-state index contributed by atoms with van der Waals surface area (Å²) in [7, 11) is 1.47. The molecule has 0 saturated carbocycles. The molecule has 0 radical (unpaired) electrons. The largest absolute Gasteiger partial charge is 0.493 e. The smallest absolute Gasteiger partial charge is 0.262 e. The van der Waals surface area contributed by atoms with Gasteiger partial charge in [-0.05, 0) is 75.0 Å². The van der Waals surface area contributed by atoms with Crippen LogP contribution in [0.25, 0.3) is 0 Å². The number of halogens is 1. The molecule has 2 fully saturated rings. The van der Waals surface area contributed by atoms with Crippen molar-refractivity contribution in [3.63, 3.8) is 0 Å². The van der Waals surface area contributed by atoms with Gasteiger partial charge in [0.2, 0.25) is 11.8 Å². The molecule has 3 aromatic carbocycles. The Labute approximate surface area is 321 Å². The molecule has 4 aromatic rings. The van der Waals surface area contributed by atoms with Gasteiger partial charge >= 0.3 is 0 Å². The standard InChI is InChI=1S/C41H50FN7O6/c1-5-15-47-18-20-48(21-19-47)22-23-53-34-13-11-30(24-33(34)42)44-41-43-26-32(39(51)45-38-28(2)9-8-10-29(38)3)40(46-41)55-35-14-12-31(25-36(35)52-4)54-27-37(50)49-16-6-7-17-49/h8-14,24-26H,5-7,15-23,27H2,1-4H3,(H,45,51)(H,43,44,46). The Balaban J connectivity index is 1.17. The number of amides is 2. The summed E-state index contributed by atoms with van der Waals surface area (Å²) >= 11 is 0. The molecule has 0 bridgehead atoms. The number of rotatable bonds is 16. The van der Waals surface area contributed by atoms with Crippen LogP contribution >= 0.6 is 0 Å². The van der Waals surface area contributed by atoms with Crippen LogP contribution in [-0.4, -0.2) is 109 Å². The molecule has 0 aliphatic carbocycles. The lowest BCUT2D eigenvalue weighted by Crippen LogP contribution is -2.47. The van der Waals surface area contributed by atoms with Gasteiger partial charge in [0.1, 0.15) is 17.9 Å². The van der Waals surface area contributed by atoms with Gasteiger partial charge in [-0.25, -0.2) is 9.37 Å². The summed E-state index contributed by atoms with van der Waals surface area (Å²) in [5, 5.41) is 5.97. The number of carbonyl (C=O) groups excluding carboxylic acids is 2. The van der Waals surface area contributed by atoms with Crippen LogP contribution in [0.5, 0.6) is 28.9 Å². The van der Waals surface area contributed by atoms with Crippen LogP contribution in [0.3, 0.4) is 0 Å². The SMILES string of the molecule is CCCN1CCN(CCOc2ccc(Nc3ncc(C(=O)Nc4c(C)cccc4C)c(Oc4ccc(OCC(=O)N5CCCC5)cc4OC)n3)cc2F)CC1. The maximum Gasteiger partial charge on any atom is 0.262 e. The minimum Gasteiger partial charge on any atom is -0.493 e. The van der Waals surface area contributed by atoms with Gasteiger partial charge in [-0.15, -0.1) is 0 Å². The first-order valence-electron chi connectivity index (χ1n) is 18.9. The average Bonchev–Trinajstić information content (AvgIpc) is 3.73. The lowest BCUT2D eigenvalue weighted by Gasteiger charge is -2.34. The minimum absolute atomic E-state index is 0.0495. The zero-order chi connectivity index (χ0) is 38.7. The van der Waals surface area contributed by atoms with E-state index in [0.717, 1.165) is 82.7 Å². The number of hydrogen-bond donors (Lipinski definition) is 2.